The molecule has 0 saturated carbocycles. The maximum Gasteiger partial charge on any atom is 0.251 e. The van der Waals surface area contributed by atoms with Crippen LogP contribution in [0.4, 0.5) is 11.4 Å². The van der Waals surface area contributed by atoms with Crippen LogP contribution < -0.4 is 21.3 Å². The van der Waals surface area contributed by atoms with Gasteiger partial charge in [-0.3, -0.25) is 14.4 Å². The van der Waals surface area contributed by atoms with Gasteiger partial charge in [0.2, 0.25) is 11.8 Å². The normalized spacial score (nSPS) is 17.8. The Labute approximate surface area is 233 Å². The second kappa shape index (κ2) is 11.5. The minimum absolute atomic E-state index is 0.0556. The Hall–Kier alpha value is -4.18. The number of amides is 3. The molecule has 10 heteroatoms. The number of benzene rings is 3. The second-order valence-corrected chi connectivity index (χ2v) is 12.3. The zero-order valence-electron chi connectivity index (χ0n) is 22.3. The van der Waals surface area contributed by atoms with E-state index in [0.717, 1.165) is 17.5 Å². The smallest absolute Gasteiger partial charge is 0.251 e. The third-order valence-electron chi connectivity index (χ3n) is 7.30. The second-order valence-electron chi connectivity index (χ2n) is 10.0. The van der Waals surface area contributed by atoms with Gasteiger partial charge in [0.25, 0.3) is 5.91 Å². The molecule has 208 valence electrons. The van der Waals surface area contributed by atoms with Gasteiger partial charge in [-0.25, -0.2) is 8.42 Å². The number of aryl methyl sites for hydroxylation is 1. The first-order valence-electron chi connectivity index (χ1n) is 13.4. The van der Waals surface area contributed by atoms with Gasteiger partial charge in [0, 0.05) is 36.4 Å². The number of hydrogen-bond acceptors (Lipinski definition) is 6. The highest BCUT2D eigenvalue weighted by Crippen LogP contribution is 2.26. The molecule has 0 saturated heterocycles. The average molecular weight is 561 g/mol. The van der Waals surface area contributed by atoms with E-state index in [9.17, 15) is 22.8 Å². The van der Waals surface area contributed by atoms with Crippen molar-refractivity contribution in [3.8, 4) is 0 Å². The van der Waals surface area contributed by atoms with Crippen molar-refractivity contribution < 1.29 is 22.8 Å². The van der Waals surface area contributed by atoms with Crippen LogP contribution in [0.3, 0.4) is 0 Å². The van der Waals surface area contributed by atoms with Gasteiger partial charge in [0.1, 0.15) is 6.04 Å². The standard InChI is InChI=1S/C30H32N4O5S/c1-2-40(38,39)26-13-12-23-16-22(26)18-32-30(37)28(21-8-6-19(7-9-21)4-3-5-27(35)33-23)34-24-11-10-20-14-15-31-29(36)25(20)17-24/h6-13,16-17,28,34H,2-5,14-15,18H2,1H3,(H,31,36)(H,32,37)(H,33,35)/t28-/m1/s1. The van der Waals surface area contributed by atoms with E-state index in [4.69, 9.17) is 0 Å². The van der Waals surface area contributed by atoms with E-state index in [1.54, 1.807) is 25.1 Å². The molecule has 3 aliphatic rings. The highest BCUT2D eigenvalue weighted by Gasteiger charge is 2.24. The van der Waals surface area contributed by atoms with Gasteiger partial charge in [0.15, 0.2) is 9.84 Å². The Kier molecular flexibility index (Phi) is 7.88. The summed E-state index contributed by atoms with van der Waals surface area (Å²) in [6.07, 6.45) is 2.39. The van der Waals surface area contributed by atoms with Gasteiger partial charge < -0.3 is 21.3 Å². The summed E-state index contributed by atoms with van der Waals surface area (Å²) in [6.45, 7) is 2.10. The van der Waals surface area contributed by atoms with Crippen molar-refractivity contribution in [2.75, 3.05) is 22.9 Å². The first-order chi connectivity index (χ1) is 19.2. The van der Waals surface area contributed by atoms with E-state index in [0.29, 0.717) is 53.9 Å². The molecule has 3 amide bonds. The molecule has 3 aliphatic heterocycles. The minimum atomic E-state index is -3.58. The van der Waals surface area contributed by atoms with Gasteiger partial charge in [0.05, 0.1) is 10.6 Å². The van der Waals surface area contributed by atoms with Gasteiger partial charge in [-0.1, -0.05) is 37.3 Å². The lowest BCUT2D eigenvalue weighted by molar-refractivity contribution is -0.122. The first-order valence-corrected chi connectivity index (χ1v) is 15.1. The van der Waals surface area contributed by atoms with Crippen LogP contribution in [-0.2, 0) is 38.8 Å². The SMILES string of the molecule is CCS(=O)(=O)c1ccc2cc1CNC(=O)[C@H](Nc1ccc3c(c1)C(=O)NCC3)c1ccc(cc1)CCCC(=O)N2. The molecule has 0 spiro atoms. The van der Waals surface area contributed by atoms with Crippen molar-refractivity contribution in [2.24, 2.45) is 0 Å². The first kappa shape index (κ1) is 27.4. The fourth-order valence-electron chi connectivity index (χ4n) is 5.06. The summed E-state index contributed by atoms with van der Waals surface area (Å²) in [6, 6.07) is 17.0. The molecule has 9 nitrogen and oxygen atoms in total. The zero-order valence-corrected chi connectivity index (χ0v) is 23.1. The summed E-state index contributed by atoms with van der Waals surface area (Å²) in [5.74, 6) is -0.764. The molecule has 4 N–H and O–H groups in total. The van der Waals surface area contributed by atoms with Crippen LogP contribution in [0.1, 0.15) is 58.4 Å². The lowest BCUT2D eigenvalue weighted by atomic mass is 9.98. The average Bonchev–Trinajstić information content (AvgIpc) is 2.95. The number of anilines is 2. The van der Waals surface area contributed by atoms with E-state index < -0.39 is 15.9 Å². The molecule has 0 radical (unpaired) electrons. The summed E-state index contributed by atoms with van der Waals surface area (Å²) < 4.78 is 25.6. The van der Waals surface area contributed by atoms with Crippen molar-refractivity contribution in [1.82, 2.24) is 10.6 Å². The summed E-state index contributed by atoms with van der Waals surface area (Å²) in [4.78, 5) is 38.7. The number of nitrogens with one attached hydrogen (secondary N) is 4. The molecule has 0 unspecified atom stereocenters. The van der Waals surface area contributed by atoms with Crippen molar-refractivity contribution in [3.63, 3.8) is 0 Å². The van der Waals surface area contributed by atoms with Gasteiger partial charge >= 0.3 is 0 Å². The number of rotatable bonds is 4. The molecule has 0 aliphatic carbocycles. The lowest BCUT2D eigenvalue weighted by Crippen LogP contribution is -2.34. The molecule has 0 aromatic heterocycles. The maximum absolute atomic E-state index is 13.7. The number of sulfone groups is 1. The van der Waals surface area contributed by atoms with Crippen molar-refractivity contribution in [2.45, 2.75) is 50.1 Å². The number of fused-ring (bicyclic) bond motifs is 10. The Morgan fingerprint density at radius 1 is 0.875 bits per heavy atom. The molecule has 4 bridgehead atoms. The van der Waals surface area contributed by atoms with Crippen LogP contribution in [0.5, 0.6) is 0 Å². The number of hydrogen-bond donors (Lipinski definition) is 4. The predicted octanol–water partition coefficient (Wildman–Crippen LogP) is 3.51. The number of carbonyl (C=O) groups excluding carboxylic acids is 3. The Bertz CT molecular complexity index is 1570. The Morgan fingerprint density at radius 3 is 2.45 bits per heavy atom. The van der Waals surface area contributed by atoms with Crippen molar-refractivity contribution in [1.29, 1.82) is 0 Å². The van der Waals surface area contributed by atoms with E-state index in [1.165, 1.54) is 6.07 Å². The van der Waals surface area contributed by atoms with E-state index in [2.05, 4.69) is 21.3 Å². The quantitative estimate of drug-likeness (QED) is 0.386. The van der Waals surface area contributed by atoms with E-state index >= 15 is 0 Å². The molecule has 3 aromatic carbocycles. The third kappa shape index (κ3) is 6.02. The third-order valence-corrected chi connectivity index (χ3v) is 9.13. The molecule has 3 heterocycles. The number of carbonyl (C=O) groups is 3. The van der Waals surface area contributed by atoms with Crippen LogP contribution in [0.15, 0.2) is 65.6 Å². The minimum Gasteiger partial charge on any atom is -0.370 e. The highest BCUT2D eigenvalue weighted by atomic mass is 32.2. The molecule has 40 heavy (non-hydrogen) atoms. The maximum atomic E-state index is 13.7. The van der Waals surface area contributed by atoms with Crippen LogP contribution in [0.2, 0.25) is 0 Å². The molecular weight excluding hydrogens is 528 g/mol. The van der Waals surface area contributed by atoms with Crippen molar-refractivity contribution >= 4 is 38.9 Å². The van der Waals surface area contributed by atoms with Gasteiger partial charge in [-0.15, -0.1) is 0 Å². The fraction of sp³-hybridized carbons (Fsp3) is 0.300. The van der Waals surface area contributed by atoms with Crippen molar-refractivity contribution in [3.05, 3.63) is 88.5 Å². The summed E-state index contributed by atoms with van der Waals surface area (Å²) in [5, 5.41) is 11.9. The molecule has 0 fully saturated rings. The fourth-order valence-corrected chi connectivity index (χ4v) is 6.18. The Balaban J connectivity index is 1.50. The summed E-state index contributed by atoms with van der Waals surface area (Å²) in [7, 11) is -3.58. The summed E-state index contributed by atoms with van der Waals surface area (Å²) in [5.41, 5.74) is 4.77. The summed E-state index contributed by atoms with van der Waals surface area (Å²) >= 11 is 0. The largest absolute Gasteiger partial charge is 0.370 e. The molecule has 6 rings (SSSR count). The lowest BCUT2D eigenvalue weighted by Gasteiger charge is -2.23. The van der Waals surface area contributed by atoms with Crippen LogP contribution in [0.25, 0.3) is 0 Å². The van der Waals surface area contributed by atoms with E-state index in [1.807, 2.05) is 36.4 Å². The monoisotopic (exact) mass is 560 g/mol. The van der Waals surface area contributed by atoms with Gasteiger partial charge in [-0.05, 0) is 71.8 Å². The molecule has 3 aromatic rings. The molecular formula is C30H32N4O5S. The predicted molar refractivity (Wildman–Crippen MR) is 153 cm³/mol. The van der Waals surface area contributed by atoms with Crippen LogP contribution in [-0.4, -0.2) is 38.4 Å². The van der Waals surface area contributed by atoms with Gasteiger partial charge in [-0.2, -0.15) is 0 Å². The Morgan fingerprint density at radius 2 is 1.68 bits per heavy atom. The molecule has 1 atom stereocenters. The topological polar surface area (TPSA) is 133 Å². The zero-order chi connectivity index (χ0) is 28.3. The van der Waals surface area contributed by atoms with Crippen LogP contribution in [0, 0.1) is 0 Å². The van der Waals surface area contributed by atoms with E-state index in [-0.39, 0.29) is 34.9 Å². The highest BCUT2D eigenvalue weighted by molar-refractivity contribution is 7.91. The van der Waals surface area contributed by atoms with Crippen LogP contribution >= 0.6 is 0 Å².